The second-order valence-electron chi connectivity index (χ2n) is 6.24. The second-order valence-corrected chi connectivity index (χ2v) is 6.24. The minimum atomic E-state index is -0.541. The quantitative estimate of drug-likeness (QED) is 0.588. The molecule has 7 heteroatoms. The first-order valence-corrected chi connectivity index (χ1v) is 8.62. The van der Waals surface area contributed by atoms with E-state index in [4.69, 9.17) is 10.2 Å². The molecule has 1 saturated heterocycles. The van der Waals surface area contributed by atoms with Gasteiger partial charge in [0.2, 0.25) is 11.8 Å². The predicted molar refractivity (Wildman–Crippen MR) is 93.8 cm³/mol. The van der Waals surface area contributed by atoms with E-state index in [-0.39, 0.29) is 44.5 Å². The van der Waals surface area contributed by atoms with Crippen LogP contribution in [0.1, 0.15) is 17.5 Å². The summed E-state index contributed by atoms with van der Waals surface area (Å²) in [5.74, 6) is -0.388. The van der Waals surface area contributed by atoms with Gasteiger partial charge in [-0.1, -0.05) is 24.3 Å². The summed E-state index contributed by atoms with van der Waals surface area (Å²) in [5.41, 5.74) is 2.29. The molecule has 0 aliphatic carbocycles. The molecule has 3 N–H and O–H groups in total. The third kappa shape index (κ3) is 5.26. The maximum absolute atomic E-state index is 12.5. The molecule has 1 atom stereocenters. The fourth-order valence-electron chi connectivity index (χ4n) is 3.08. The summed E-state index contributed by atoms with van der Waals surface area (Å²) in [6.45, 7) is 3.86. The topological polar surface area (TPSA) is 93.1 Å². The van der Waals surface area contributed by atoms with Crippen LogP contribution in [0.3, 0.4) is 0 Å². The first-order valence-electron chi connectivity index (χ1n) is 8.62. The molecular weight excluding hydrogens is 322 g/mol. The van der Waals surface area contributed by atoms with E-state index in [1.807, 2.05) is 36.1 Å². The number of amides is 2. The van der Waals surface area contributed by atoms with Gasteiger partial charge in [-0.3, -0.25) is 14.5 Å². The van der Waals surface area contributed by atoms with Gasteiger partial charge in [0.05, 0.1) is 25.7 Å². The Kier molecular flexibility index (Phi) is 7.36. The van der Waals surface area contributed by atoms with Gasteiger partial charge >= 0.3 is 0 Å². The number of piperazine rings is 1. The summed E-state index contributed by atoms with van der Waals surface area (Å²) < 4.78 is 0. The summed E-state index contributed by atoms with van der Waals surface area (Å²) in [5, 5.41) is 21.0. The molecule has 0 aromatic heterocycles. The van der Waals surface area contributed by atoms with Crippen LogP contribution in [0.4, 0.5) is 0 Å². The molecule has 1 aliphatic rings. The highest BCUT2D eigenvalue weighted by atomic mass is 16.3. The highest BCUT2D eigenvalue weighted by Gasteiger charge is 2.32. The highest BCUT2D eigenvalue weighted by Crippen LogP contribution is 2.17. The number of hydrogen-bond donors (Lipinski definition) is 3. The Morgan fingerprint density at radius 3 is 2.60 bits per heavy atom. The Morgan fingerprint density at radius 2 is 1.96 bits per heavy atom. The van der Waals surface area contributed by atoms with Crippen molar-refractivity contribution in [2.45, 2.75) is 25.9 Å². The number of nitrogens with one attached hydrogen (secondary N) is 1. The van der Waals surface area contributed by atoms with Crippen LogP contribution in [0.2, 0.25) is 0 Å². The van der Waals surface area contributed by atoms with Crippen LogP contribution in [0.15, 0.2) is 24.3 Å². The fraction of sp³-hybridized carbons (Fsp3) is 0.556. The lowest BCUT2D eigenvalue weighted by molar-refractivity contribution is -0.139. The second kappa shape index (κ2) is 9.50. The minimum Gasteiger partial charge on any atom is -0.395 e. The lowest BCUT2D eigenvalue weighted by atomic mass is 10.0. The number of aliphatic hydroxyl groups is 2. The highest BCUT2D eigenvalue weighted by molar-refractivity contribution is 5.88. The summed E-state index contributed by atoms with van der Waals surface area (Å²) in [6.07, 6.45) is 0.0394. The van der Waals surface area contributed by atoms with Gasteiger partial charge in [-0.15, -0.1) is 0 Å². The Balaban J connectivity index is 2.09. The van der Waals surface area contributed by atoms with Crippen molar-refractivity contribution in [2.24, 2.45) is 0 Å². The van der Waals surface area contributed by atoms with E-state index in [1.165, 1.54) is 4.90 Å². The lowest BCUT2D eigenvalue weighted by Crippen LogP contribution is -2.56. The SMILES string of the molecule is Cc1ccccc1CN1CCNC(=O)[C@@H]1CC(=O)N(CCO)CCO. The van der Waals surface area contributed by atoms with Crippen molar-refractivity contribution in [1.29, 1.82) is 0 Å². The van der Waals surface area contributed by atoms with Gasteiger partial charge in [-0.25, -0.2) is 0 Å². The van der Waals surface area contributed by atoms with Gasteiger partial charge in [-0.2, -0.15) is 0 Å². The summed E-state index contributed by atoms with van der Waals surface area (Å²) in [4.78, 5) is 28.2. The van der Waals surface area contributed by atoms with Crippen LogP contribution < -0.4 is 5.32 Å². The molecule has 0 bridgehead atoms. The van der Waals surface area contributed by atoms with Gasteiger partial charge < -0.3 is 20.4 Å². The van der Waals surface area contributed by atoms with Crippen LogP contribution >= 0.6 is 0 Å². The van der Waals surface area contributed by atoms with Crippen LogP contribution in [0.25, 0.3) is 0 Å². The van der Waals surface area contributed by atoms with Gasteiger partial charge in [0.1, 0.15) is 0 Å². The fourth-order valence-corrected chi connectivity index (χ4v) is 3.08. The Morgan fingerprint density at radius 1 is 1.28 bits per heavy atom. The maximum Gasteiger partial charge on any atom is 0.237 e. The molecule has 1 aliphatic heterocycles. The van der Waals surface area contributed by atoms with Crippen molar-refractivity contribution in [3.63, 3.8) is 0 Å². The third-order valence-electron chi connectivity index (χ3n) is 4.54. The van der Waals surface area contributed by atoms with Gasteiger partial charge in [0, 0.05) is 32.7 Å². The third-order valence-corrected chi connectivity index (χ3v) is 4.54. The van der Waals surface area contributed by atoms with E-state index >= 15 is 0 Å². The van der Waals surface area contributed by atoms with Crippen molar-refractivity contribution in [3.05, 3.63) is 35.4 Å². The van der Waals surface area contributed by atoms with Crippen molar-refractivity contribution >= 4 is 11.8 Å². The molecule has 1 aromatic rings. The largest absolute Gasteiger partial charge is 0.395 e. The predicted octanol–water partition coefficient (Wildman–Crippen LogP) is -0.501. The van der Waals surface area contributed by atoms with Crippen molar-refractivity contribution in [3.8, 4) is 0 Å². The number of nitrogens with zero attached hydrogens (tertiary/aromatic N) is 2. The van der Waals surface area contributed by atoms with E-state index < -0.39 is 6.04 Å². The maximum atomic E-state index is 12.5. The lowest BCUT2D eigenvalue weighted by Gasteiger charge is -2.36. The molecule has 2 amide bonds. The number of benzene rings is 1. The number of carbonyl (C=O) groups excluding carboxylic acids is 2. The molecule has 25 heavy (non-hydrogen) atoms. The minimum absolute atomic E-state index is 0.0394. The van der Waals surface area contributed by atoms with E-state index in [0.29, 0.717) is 19.6 Å². The van der Waals surface area contributed by atoms with Crippen LogP contribution in [0, 0.1) is 6.92 Å². The summed E-state index contributed by atoms with van der Waals surface area (Å²) >= 11 is 0. The van der Waals surface area contributed by atoms with Gasteiger partial charge in [0.25, 0.3) is 0 Å². The van der Waals surface area contributed by atoms with Crippen LogP contribution in [-0.4, -0.2) is 77.3 Å². The molecule has 138 valence electrons. The van der Waals surface area contributed by atoms with E-state index in [0.717, 1.165) is 11.1 Å². The monoisotopic (exact) mass is 349 g/mol. The number of aliphatic hydroxyl groups excluding tert-OH is 2. The Bertz CT molecular complexity index is 587. The van der Waals surface area contributed by atoms with E-state index in [1.54, 1.807) is 0 Å². The molecule has 1 heterocycles. The summed E-state index contributed by atoms with van der Waals surface area (Å²) in [7, 11) is 0. The first kappa shape index (κ1) is 19.4. The normalized spacial score (nSPS) is 18.0. The molecule has 0 saturated carbocycles. The zero-order chi connectivity index (χ0) is 18.2. The zero-order valence-corrected chi connectivity index (χ0v) is 14.6. The first-order chi connectivity index (χ1) is 12.1. The zero-order valence-electron chi connectivity index (χ0n) is 14.6. The van der Waals surface area contributed by atoms with Crippen molar-refractivity contribution in [2.75, 3.05) is 39.4 Å². The average molecular weight is 349 g/mol. The number of carbonyl (C=O) groups is 2. The standard InChI is InChI=1S/C18H27N3O4/c1-14-4-2-3-5-15(14)13-21-7-6-19-18(25)16(21)12-17(24)20(8-10-22)9-11-23/h2-5,16,22-23H,6-13H2,1H3,(H,19,25)/t16-/m0/s1. The molecule has 0 unspecified atom stereocenters. The van der Waals surface area contributed by atoms with Crippen LogP contribution in [-0.2, 0) is 16.1 Å². The molecule has 1 fully saturated rings. The molecule has 0 spiro atoms. The number of rotatable bonds is 8. The average Bonchev–Trinajstić information content (AvgIpc) is 2.59. The molecule has 0 radical (unpaired) electrons. The Hall–Kier alpha value is -1.96. The van der Waals surface area contributed by atoms with Crippen molar-refractivity contribution in [1.82, 2.24) is 15.1 Å². The Labute approximate surface area is 148 Å². The molecular formula is C18H27N3O4. The molecule has 7 nitrogen and oxygen atoms in total. The van der Waals surface area contributed by atoms with Crippen molar-refractivity contribution < 1.29 is 19.8 Å². The number of aryl methyl sites for hydroxylation is 1. The van der Waals surface area contributed by atoms with Gasteiger partial charge in [0.15, 0.2) is 0 Å². The molecule has 1 aromatic carbocycles. The molecule has 2 rings (SSSR count). The van der Waals surface area contributed by atoms with E-state index in [9.17, 15) is 9.59 Å². The summed E-state index contributed by atoms with van der Waals surface area (Å²) in [6, 6.07) is 7.47. The van der Waals surface area contributed by atoms with E-state index in [2.05, 4.69) is 5.32 Å². The van der Waals surface area contributed by atoms with Gasteiger partial charge in [-0.05, 0) is 18.1 Å². The van der Waals surface area contributed by atoms with Crippen LogP contribution in [0.5, 0.6) is 0 Å². The number of hydrogen-bond acceptors (Lipinski definition) is 5. The smallest absolute Gasteiger partial charge is 0.237 e.